The van der Waals surface area contributed by atoms with Gasteiger partial charge in [0.1, 0.15) is 0 Å². The summed E-state index contributed by atoms with van der Waals surface area (Å²) in [6, 6.07) is 7.48. The van der Waals surface area contributed by atoms with E-state index >= 15 is 0 Å². The molecule has 1 saturated carbocycles. The minimum absolute atomic E-state index is 0.161. The normalized spacial score (nSPS) is 19.5. The molecule has 0 aliphatic heterocycles. The van der Waals surface area contributed by atoms with Crippen molar-refractivity contribution in [1.29, 1.82) is 0 Å². The van der Waals surface area contributed by atoms with E-state index in [2.05, 4.69) is 19.2 Å². The number of hydrogen-bond acceptors (Lipinski definition) is 3. The smallest absolute Gasteiger partial charge is 0.238 e. The number of benzene rings is 1. The van der Waals surface area contributed by atoms with Gasteiger partial charge >= 0.3 is 0 Å². The monoisotopic (exact) mass is 268 g/mol. The summed E-state index contributed by atoms with van der Waals surface area (Å²) in [6.07, 6.45) is 2.62. The van der Waals surface area contributed by atoms with Crippen LogP contribution in [0.2, 0.25) is 0 Å². The van der Waals surface area contributed by atoms with E-state index in [1.807, 2.05) is 12.1 Å². The first-order valence-corrected chi connectivity index (χ1v) is 7.81. The summed E-state index contributed by atoms with van der Waals surface area (Å²) in [5, 5.41) is 8.60. The van der Waals surface area contributed by atoms with Gasteiger partial charge in [0.05, 0.1) is 4.90 Å². The average Bonchev–Trinajstić information content (AvgIpc) is 3.11. The van der Waals surface area contributed by atoms with Gasteiger partial charge in [-0.3, -0.25) is 0 Å². The molecule has 1 aliphatic carbocycles. The Balaban J connectivity index is 2.04. The Morgan fingerprint density at radius 3 is 2.22 bits per heavy atom. The Morgan fingerprint density at radius 1 is 1.22 bits per heavy atom. The maximum Gasteiger partial charge on any atom is 0.238 e. The molecule has 2 unspecified atom stereocenters. The van der Waals surface area contributed by atoms with Crippen LogP contribution in [-0.2, 0) is 10.0 Å². The van der Waals surface area contributed by atoms with Gasteiger partial charge < -0.3 is 5.32 Å². The fourth-order valence-corrected chi connectivity index (χ4v) is 2.68. The van der Waals surface area contributed by atoms with Crippen molar-refractivity contribution in [3.05, 3.63) is 29.8 Å². The molecule has 2 rings (SSSR count). The van der Waals surface area contributed by atoms with Crippen molar-refractivity contribution in [1.82, 2.24) is 5.32 Å². The summed E-state index contributed by atoms with van der Waals surface area (Å²) in [7, 11) is -3.59. The van der Waals surface area contributed by atoms with Crippen molar-refractivity contribution in [2.75, 3.05) is 0 Å². The van der Waals surface area contributed by atoms with E-state index in [-0.39, 0.29) is 10.9 Å². The molecule has 0 bridgehead atoms. The zero-order valence-corrected chi connectivity index (χ0v) is 11.6. The Kier molecular flexibility index (Phi) is 3.75. The third-order valence-corrected chi connectivity index (χ3v) is 4.48. The molecule has 1 aliphatic rings. The number of sulfonamides is 1. The van der Waals surface area contributed by atoms with Crippen molar-refractivity contribution >= 4 is 10.0 Å². The van der Waals surface area contributed by atoms with Crippen LogP contribution < -0.4 is 10.5 Å². The molecule has 1 aromatic rings. The average molecular weight is 268 g/mol. The van der Waals surface area contributed by atoms with Gasteiger partial charge in [-0.2, -0.15) is 0 Å². The minimum atomic E-state index is -3.59. The second-order valence-electron chi connectivity index (χ2n) is 5.13. The van der Waals surface area contributed by atoms with Gasteiger partial charge in [-0.05, 0) is 50.3 Å². The van der Waals surface area contributed by atoms with Gasteiger partial charge in [-0.1, -0.05) is 12.1 Å². The number of hydrogen-bond donors (Lipinski definition) is 2. The van der Waals surface area contributed by atoms with Crippen LogP contribution in [0.4, 0.5) is 0 Å². The maximum atomic E-state index is 11.2. The second kappa shape index (κ2) is 4.99. The van der Waals surface area contributed by atoms with E-state index in [1.165, 1.54) is 12.8 Å². The van der Waals surface area contributed by atoms with E-state index in [1.54, 1.807) is 12.1 Å². The van der Waals surface area contributed by atoms with E-state index in [0.717, 1.165) is 11.5 Å². The Morgan fingerprint density at radius 2 is 1.78 bits per heavy atom. The van der Waals surface area contributed by atoms with Gasteiger partial charge in [-0.25, -0.2) is 13.6 Å². The van der Waals surface area contributed by atoms with Crippen molar-refractivity contribution in [2.45, 2.75) is 43.7 Å². The predicted molar refractivity (Wildman–Crippen MR) is 71.6 cm³/mol. The Hall–Kier alpha value is -0.910. The van der Waals surface area contributed by atoms with E-state index < -0.39 is 10.0 Å². The molecule has 18 heavy (non-hydrogen) atoms. The number of nitrogens with two attached hydrogens (primary N) is 1. The number of primary sulfonamides is 1. The highest BCUT2D eigenvalue weighted by atomic mass is 32.2. The van der Waals surface area contributed by atoms with Crippen molar-refractivity contribution in [2.24, 2.45) is 11.1 Å². The minimum Gasteiger partial charge on any atom is -0.307 e. The highest BCUT2D eigenvalue weighted by Gasteiger charge is 2.28. The molecule has 0 amide bonds. The predicted octanol–water partition coefficient (Wildman–Crippen LogP) is 1.78. The molecule has 1 fully saturated rings. The third kappa shape index (κ3) is 3.31. The summed E-state index contributed by atoms with van der Waals surface area (Å²) in [5.74, 6) is 0.802. The highest BCUT2D eigenvalue weighted by Crippen LogP contribution is 2.33. The fraction of sp³-hybridized carbons (Fsp3) is 0.538. The van der Waals surface area contributed by atoms with Crippen LogP contribution in [0.3, 0.4) is 0 Å². The lowest BCUT2D eigenvalue weighted by atomic mass is 10.1. The van der Waals surface area contributed by atoms with Crippen LogP contribution >= 0.6 is 0 Å². The zero-order chi connectivity index (χ0) is 13.3. The molecule has 0 radical (unpaired) electrons. The lowest BCUT2D eigenvalue weighted by Gasteiger charge is -2.20. The first-order valence-electron chi connectivity index (χ1n) is 6.27. The van der Waals surface area contributed by atoms with Gasteiger partial charge in [0.15, 0.2) is 0 Å². The molecular formula is C13H20N2O2S. The van der Waals surface area contributed by atoms with Crippen molar-refractivity contribution in [3.8, 4) is 0 Å². The lowest BCUT2D eigenvalue weighted by molar-refractivity contribution is 0.441. The highest BCUT2D eigenvalue weighted by molar-refractivity contribution is 7.89. The van der Waals surface area contributed by atoms with Crippen LogP contribution in [-0.4, -0.2) is 14.5 Å². The largest absolute Gasteiger partial charge is 0.307 e. The van der Waals surface area contributed by atoms with Gasteiger partial charge in [0.2, 0.25) is 10.0 Å². The lowest BCUT2D eigenvalue weighted by Crippen LogP contribution is -2.30. The van der Waals surface area contributed by atoms with Gasteiger partial charge in [0, 0.05) is 12.1 Å². The standard InChI is InChI=1S/C13H20N2O2S/c1-9(11-3-4-11)15-10(2)12-5-7-13(8-6-12)18(14,16)17/h5-11,15H,3-4H2,1-2H3,(H2,14,16,17). The van der Waals surface area contributed by atoms with Crippen LogP contribution in [0.25, 0.3) is 0 Å². The number of rotatable bonds is 5. The van der Waals surface area contributed by atoms with Gasteiger partial charge in [-0.15, -0.1) is 0 Å². The maximum absolute atomic E-state index is 11.2. The van der Waals surface area contributed by atoms with Crippen molar-refractivity contribution < 1.29 is 8.42 Å². The zero-order valence-electron chi connectivity index (χ0n) is 10.8. The molecule has 1 aromatic carbocycles. The topological polar surface area (TPSA) is 72.2 Å². The Labute approximate surface area is 109 Å². The summed E-state index contributed by atoms with van der Waals surface area (Å²) in [5.41, 5.74) is 1.08. The number of nitrogens with one attached hydrogen (secondary N) is 1. The fourth-order valence-electron chi connectivity index (χ4n) is 2.17. The second-order valence-corrected chi connectivity index (χ2v) is 6.69. The third-order valence-electron chi connectivity index (χ3n) is 3.55. The molecule has 3 N–H and O–H groups in total. The molecule has 0 heterocycles. The van der Waals surface area contributed by atoms with Crippen LogP contribution in [0.5, 0.6) is 0 Å². The summed E-state index contributed by atoms with van der Waals surface area (Å²) < 4.78 is 22.3. The summed E-state index contributed by atoms with van der Waals surface area (Å²) in [6.45, 7) is 4.29. The molecule has 2 atom stereocenters. The molecule has 0 aromatic heterocycles. The van der Waals surface area contributed by atoms with E-state index in [9.17, 15) is 8.42 Å². The summed E-state index contributed by atoms with van der Waals surface area (Å²) >= 11 is 0. The molecule has 0 saturated heterocycles. The van der Waals surface area contributed by atoms with Gasteiger partial charge in [0.25, 0.3) is 0 Å². The quantitative estimate of drug-likeness (QED) is 0.855. The first-order chi connectivity index (χ1) is 8.38. The van der Waals surface area contributed by atoms with E-state index in [4.69, 9.17) is 5.14 Å². The summed E-state index contributed by atoms with van der Waals surface area (Å²) in [4.78, 5) is 0.161. The molecule has 0 spiro atoms. The van der Waals surface area contributed by atoms with E-state index in [0.29, 0.717) is 6.04 Å². The van der Waals surface area contributed by atoms with Crippen LogP contribution in [0.1, 0.15) is 38.3 Å². The van der Waals surface area contributed by atoms with Crippen LogP contribution in [0.15, 0.2) is 29.2 Å². The van der Waals surface area contributed by atoms with Crippen LogP contribution in [0, 0.1) is 5.92 Å². The molecule has 4 nitrogen and oxygen atoms in total. The molecule has 100 valence electrons. The first kappa shape index (κ1) is 13.5. The van der Waals surface area contributed by atoms with Crippen molar-refractivity contribution in [3.63, 3.8) is 0 Å². The molecular weight excluding hydrogens is 248 g/mol. The molecule has 5 heteroatoms. The Bertz CT molecular complexity index is 506. The SMILES string of the molecule is CC(NC(C)C1CC1)c1ccc(S(N)(=O)=O)cc1.